The zero-order valence-electron chi connectivity index (χ0n) is 15.0. The maximum absolute atomic E-state index is 11.9. The molecule has 0 fully saturated rings. The summed E-state index contributed by atoms with van der Waals surface area (Å²) in [5.41, 5.74) is 17.7. The van der Waals surface area contributed by atoms with E-state index in [0.717, 1.165) is 5.56 Å². The van der Waals surface area contributed by atoms with Crippen LogP contribution in [0.15, 0.2) is 52.4 Å². The number of ether oxygens (including phenoxy) is 1. The average molecular weight is 385 g/mol. The Morgan fingerprint density at radius 1 is 1.18 bits per heavy atom. The summed E-state index contributed by atoms with van der Waals surface area (Å²) in [6, 6.07) is 10.9. The maximum atomic E-state index is 11.9. The molecule has 11 heteroatoms. The summed E-state index contributed by atoms with van der Waals surface area (Å²) in [6.45, 7) is 0.356. The molecule has 2 rings (SSSR count). The van der Waals surface area contributed by atoms with Crippen molar-refractivity contribution in [1.82, 2.24) is 0 Å². The fourth-order valence-corrected chi connectivity index (χ4v) is 2.25. The van der Waals surface area contributed by atoms with Crippen molar-refractivity contribution in [3.63, 3.8) is 0 Å². The molecule has 0 spiro atoms. The number of esters is 1. The second kappa shape index (κ2) is 8.98. The van der Waals surface area contributed by atoms with E-state index in [4.69, 9.17) is 17.2 Å². The van der Waals surface area contributed by atoms with E-state index < -0.39 is 10.9 Å². The van der Waals surface area contributed by atoms with Gasteiger partial charge in [0.2, 0.25) is 5.96 Å². The van der Waals surface area contributed by atoms with E-state index >= 15 is 0 Å². The molecule has 11 nitrogen and oxygen atoms in total. The molecule has 0 aliphatic rings. The monoisotopic (exact) mass is 385 g/mol. The number of anilines is 1. The molecule has 0 aromatic heterocycles. The first kappa shape index (κ1) is 20.2. The first-order valence-electron chi connectivity index (χ1n) is 7.93. The van der Waals surface area contributed by atoms with Gasteiger partial charge < -0.3 is 27.3 Å². The largest absolute Gasteiger partial charge is 0.465 e. The Balaban J connectivity index is 2.15. The van der Waals surface area contributed by atoms with Gasteiger partial charge in [0.1, 0.15) is 0 Å². The lowest BCUT2D eigenvalue weighted by Gasteiger charge is -2.11. The minimum atomic E-state index is -0.675. The number of nitro groups is 1. The van der Waals surface area contributed by atoms with Crippen LogP contribution < -0.4 is 22.5 Å². The topological polar surface area (TPSA) is 184 Å². The number of methoxy groups -OCH3 is 1. The second-order valence-corrected chi connectivity index (χ2v) is 5.51. The van der Waals surface area contributed by atoms with Crippen LogP contribution in [0.4, 0.5) is 17.1 Å². The Labute approximate surface area is 160 Å². The summed E-state index contributed by atoms with van der Waals surface area (Å²) in [6.07, 6.45) is 0. The van der Waals surface area contributed by atoms with Crippen molar-refractivity contribution in [2.45, 2.75) is 6.54 Å². The molecule has 0 radical (unpaired) electrons. The number of non-ortho nitro benzene ring substituents is 1. The van der Waals surface area contributed by atoms with Crippen LogP contribution in [0.2, 0.25) is 0 Å². The number of carbonyl (C=O) groups excluding carboxylic acids is 1. The molecule has 0 saturated heterocycles. The molecule has 7 N–H and O–H groups in total. The average Bonchev–Trinajstić information content (AvgIpc) is 2.66. The fraction of sp³-hybridized carbons (Fsp3) is 0.118. The van der Waals surface area contributed by atoms with Gasteiger partial charge in [0, 0.05) is 24.4 Å². The van der Waals surface area contributed by atoms with Gasteiger partial charge in [-0.25, -0.2) is 9.79 Å². The first-order valence-corrected chi connectivity index (χ1v) is 7.93. The fourth-order valence-electron chi connectivity index (χ4n) is 2.25. The van der Waals surface area contributed by atoms with Crippen LogP contribution in [0.25, 0.3) is 0 Å². The van der Waals surface area contributed by atoms with Crippen molar-refractivity contribution < 1.29 is 14.5 Å². The molecule has 2 aromatic rings. The first-order chi connectivity index (χ1) is 13.3. The zero-order chi connectivity index (χ0) is 20.7. The molecule has 28 heavy (non-hydrogen) atoms. The van der Waals surface area contributed by atoms with Gasteiger partial charge in [-0.1, -0.05) is 12.1 Å². The summed E-state index contributed by atoms with van der Waals surface area (Å²) in [4.78, 5) is 29.9. The second-order valence-electron chi connectivity index (χ2n) is 5.51. The van der Waals surface area contributed by atoms with Gasteiger partial charge in [-0.2, -0.15) is 4.99 Å². The highest BCUT2D eigenvalue weighted by Gasteiger charge is 2.17. The third-order valence-corrected chi connectivity index (χ3v) is 3.53. The molecular weight excluding hydrogens is 366 g/mol. The highest BCUT2D eigenvalue weighted by molar-refractivity contribution is 5.96. The summed E-state index contributed by atoms with van der Waals surface area (Å²) in [7, 11) is 1.21. The summed E-state index contributed by atoms with van der Waals surface area (Å²) in [5.74, 6) is -0.933. The van der Waals surface area contributed by atoms with Crippen LogP contribution in [-0.2, 0) is 11.3 Å². The standard InChI is InChI=1S/C17H19N7O4/c1-28-15(25)13-8-12(24(26)27)6-7-14(13)21-9-10-2-4-11(5-3-10)22-17(20)23-16(18)19/h2-8,21H,9H2,1H3,(H6,18,19,20,22,23). The van der Waals surface area contributed by atoms with E-state index in [2.05, 4.69) is 20.0 Å². The van der Waals surface area contributed by atoms with E-state index in [0.29, 0.717) is 17.9 Å². The summed E-state index contributed by atoms with van der Waals surface area (Å²) < 4.78 is 4.69. The number of nitrogens with zero attached hydrogens (tertiary/aromatic N) is 3. The number of carbonyl (C=O) groups is 1. The van der Waals surface area contributed by atoms with Crippen molar-refractivity contribution in [2.75, 3.05) is 12.4 Å². The molecule has 0 unspecified atom stereocenters. The molecule has 0 amide bonds. The molecule has 0 atom stereocenters. The number of rotatable bonds is 6. The highest BCUT2D eigenvalue weighted by atomic mass is 16.6. The van der Waals surface area contributed by atoms with Crippen molar-refractivity contribution in [2.24, 2.45) is 27.2 Å². The van der Waals surface area contributed by atoms with Gasteiger partial charge in [-0.05, 0) is 23.8 Å². The van der Waals surface area contributed by atoms with Crippen molar-refractivity contribution in [3.05, 3.63) is 63.7 Å². The molecular formula is C17H19N7O4. The van der Waals surface area contributed by atoms with E-state index in [9.17, 15) is 14.9 Å². The summed E-state index contributed by atoms with van der Waals surface area (Å²) in [5, 5.41) is 14.0. The van der Waals surface area contributed by atoms with Crippen LogP contribution in [0.5, 0.6) is 0 Å². The third-order valence-electron chi connectivity index (χ3n) is 3.53. The van der Waals surface area contributed by atoms with Gasteiger partial charge in [-0.15, -0.1) is 0 Å². The molecule has 0 saturated carbocycles. The predicted molar refractivity (Wildman–Crippen MR) is 105 cm³/mol. The highest BCUT2D eigenvalue weighted by Crippen LogP contribution is 2.24. The Kier molecular flexibility index (Phi) is 6.47. The summed E-state index contributed by atoms with van der Waals surface area (Å²) >= 11 is 0. The number of aliphatic imine (C=N–C) groups is 2. The van der Waals surface area contributed by atoms with Crippen LogP contribution in [-0.4, -0.2) is 29.9 Å². The lowest BCUT2D eigenvalue weighted by molar-refractivity contribution is -0.384. The van der Waals surface area contributed by atoms with Gasteiger partial charge in [0.25, 0.3) is 5.69 Å². The zero-order valence-corrected chi connectivity index (χ0v) is 15.0. The normalized spacial score (nSPS) is 10.8. The molecule has 2 aromatic carbocycles. The van der Waals surface area contributed by atoms with Gasteiger partial charge >= 0.3 is 5.97 Å². The number of nitrogens with two attached hydrogens (primary N) is 3. The molecule has 0 aliphatic carbocycles. The molecule has 0 bridgehead atoms. The molecule has 0 heterocycles. The van der Waals surface area contributed by atoms with Gasteiger partial charge in [0.15, 0.2) is 5.96 Å². The predicted octanol–water partition coefficient (Wildman–Crippen LogP) is 1.21. The smallest absolute Gasteiger partial charge is 0.340 e. The van der Waals surface area contributed by atoms with Crippen LogP contribution >= 0.6 is 0 Å². The Hall–Kier alpha value is -4.15. The minimum absolute atomic E-state index is 0.0699. The Morgan fingerprint density at radius 3 is 2.43 bits per heavy atom. The van der Waals surface area contributed by atoms with E-state index in [-0.39, 0.29) is 23.2 Å². The van der Waals surface area contributed by atoms with Crippen molar-refractivity contribution >= 4 is 35.0 Å². The number of nitrogens with one attached hydrogen (secondary N) is 1. The Bertz CT molecular complexity index is 935. The number of hydrogen-bond donors (Lipinski definition) is 4. The van der Waals surface area contributed by atoms with E-state index in [1.807, 2.05) is 0 Å². The number of hydrogen-bond acceptors (Lipinski definition) is 6. The van der Waals surface area contributed by atoms with E-state index in [1.165, 1.54) is 25.3 Å². The molecule has 146 valence electrons. The van der Waals surface area contributed by atoms with E-state index in [1.54, 1.807) is 24.3 Å². The quantitative estimate of drug-likeness (QED) is 0.188. The van der Waals surface area contributed by atoms with Crippen molar-refractivity contribution in [3.8, 4) is 0 Å². The lowest BCUT2D eigenvalue weighted by atomic mass is 10.1. The number of guanidine groups is 2. The maximum Gasteiger partial charge on any atom is 0.340 e. The van der Waals surface area contributed by atoms with Gasteiger partial charge in [-0.3, -0.25) is 10.1 Å². The van der Waals surface area contributed by atoms with Gasteiger partial charge in [0.05, 0.1) is 23.3 Å². The Morgan fingerprint density at radius 2 is 1.86 bits per heavy atom. The SMILES string of the molecule is COC(=O)c1cc([N+](=O)[O-])ccc1NCc1ccc(N=C(N)N=C(N)N)cc1. The number of benzene rings is 2. The number of nitro benzene ring substituents is 1. The van der Waals surface area contributed by atoms with Crippen molar-refractivity contribution in [1.29, 1.82) is 0 Å². The van der Waals surface area contributed by atoms with Crippen LogP contribution in [0.1, 0.15) is 15.9 Å². The third kappa shape index (κ3) is 5.42. The minimum Gasteiger partial charge on any atom is -0.465 e. The van der Waals surface area contributed by atoms with Crippen LogP contribution in [0.3, 0.4) is 0 Å². The molecule has 0 aliphatic heterocycles. The lowest BCUT2D eigenvalue weighted by Crippen LogP contribution is -2.26. The van der Waals surface area contributed by atoms with Crippen LogP contribution in [0, 0.1) is 10.1 Å².